The Morgan fingerprint density at radius 3 is 2.75 bits per heavy atom. The second-order valence-corrected chi connectivity index (χ2v) is 6.82. The molecule has 134 valence electrons. The average molecular weight is 463 g/mol. The van der Waals surface area contributed by atoms with Crippen molar-refractivity contribution in [2.45, 2.75) is 46.7 Å². The lowest BCUT2D eigenvalue weighted by molar-refractivity contribution is 0.375. The summed E-state index contributed by atoms with van der Waals surface area (Å²) in [5, 5.41) is 10.5. The zero-order valence-corrected chi connectivity index (χ0v) is 18.0. The molecule has 6 nitrogen and oxygen atoms in total. The van der Waals surface area contributed by atoms with E-state index in [1.165, 1.54) is 0 Å². The van der Waals surface area contributed by atoms with E-state index >= 15 is 0 Å². The van der Waals surface area contributed by atoms with E-state index in [4.69, 9.17) is 4.52 Å². The molecule has 2 aromatic heterocycles. The maximum Gasteiger partial charge on any atom is 0.194 e. The van der Waals surface area contributed by atoms with E-state index in [1.54, 1.807) is 11.3 Å². The van der Waals surface area contributed by atoms with Crippen LogP contribution in [0, 0.1) is 6.92 Å². The summed E-state index contributed by atoms with van der Waals surface area (Å²) in [5.74, 6) is 1.97. The van der Waals surface area contributed by atoms with Crippen LogP contribution in [0.3, 0.4) is 0 Å². The number of rotatable bonds is 6. The molecular weight excluding hydrogens is 437 g/mol. The summed E-state index contributed by atoms with van der Waals surface area (Å²) in [6.07, 6.45) is 0. The number of aromatic nitrogens is 2. The van der Waals surface area contributed by atoms with Crippen molar-refractivity contribution in [3.8, 4) is 0 Å². The Labute approximate surface area is 164 Å². The van der Waals surface area contributed by atoms with Crippen molar-refractivity contribution < 1.29 is 4.52 Å². The molecule has 24 heavy (non-hydrogen) atoms. The number of aliphatic imine (C=N–C) groups is 1. The summed E-state index contributed by atoms with van der Waals surface area (Å²) in [5.41, 5.74) is 2.02. The van der Waals surface area contributed by atoms with Crippen molar-refractivity contribution in [1.29, 1.82) is 0 Å². The number of guanidine groups is 1. The highest BCUT2D eigenvalue weighted by Gasteiger charge is 2.10. The first-order valence-corrected chi connectivity index (χ1v) is 8.73. The Morgan fingerprint density at radius 1 is 1.46 bits per heavy atom. The summed E-state index contributed by atoms with van der Waals surface area (Å²) in [6, 6.07) is 1.97. The Kier molecular flexibility index (Phi) is 8.68. The number of thiazole rings is 1. The van der Waals surface area contributed by atoms with Crippen LogP contribution < -0.4 is 5.32 Å². The molecular formula is C16H26IN5OS. The van der Waals surface area contributed by atoms with Gasteiger partial charge in [-0.15, -0.1) is 35.3 Å². The Bertz CT molecular complexity index is 652. The predicted molar refractivity (Wildman–Crippen MR) is 109 cm³/mol. The molecule has 0 unspecified atom stereocenters. The van der Waals surface area contributed by atoms with E-state index in [2.05, 4.69) is 51.5 Å². The third-order valence-corrected chi connectivity index (χ3v) is 4.14. The highest BCUT2D eigenvalue weighted by Crippen LogP contribution is 2.15. The smallest absolute Gasteiger partial charge is 0.194 e. The summed E-state index contributed by atoms with van der Waals surface area (Å²) >= 11 is 1.67. The van der Waals surface area contributed by atoms with E-state index in [9.17, 15) is 0 Å². The second kappa shape index (κ2) is 9.97. The molecule has 0 bridgehead atoms. The molecule has 8 heteroatoms. The average Bonchev–Trinajstić information content (AvgIpc) is 3.12. The van der Waals surface area contributed by atoms with Crippen LogP contribution in [0.1, 0.15) is 48.8 Å². The minimum absolute atomic E-state index is 0. The van der Waals surface area contributed by atoms with Crippen LogP contribution in [0.25, 0.3) is 0 Å². The fourth-order valence-corrected chi connectivity index (χ4v) is 2.70. The first kappa shape index (κ1) is 20.9. The number of halogens is 1. The van der Waals surface area contributed by atoms with Gasteiger partial charge in [-0.2, -0.15) is 0 Å². The van der Waals surface area contributed by atoms with Crippen LogP contribution in [0.4, 0.5) is 0 Å². The summed E-state index contributed by atoms with van der Waals surface area (Å²) in [7, 11) is 2.01. The van der Waals surface area contributed by atoms with Crippen molar-refractivity contribution in [1.82, 2.24) is 20.4 Å². The first-order chi connectivity index (χ1) is 11.0. The third kappa shape index (κ3) is 6.04. The van der Waals surface area contributed by atoms with Gasteiger partial charge in [-0.1, -0.05) is 19.0 Å². The molecule has 0 aliphatic carbocycles. The third-order valence-electron chi connectivity index (χ3n) is 3.32. The Morgan fingerprint density at radius 2 is 2.21 bits per heavy atom. The zero-order chi connectivity index (χ0) is 16.8. The number of nitrogens with zero attached hydrogens (tertiary/aromatic N) is 4. The molecule has 0 saturated heterocycles. The van der Waals surface area contributed by atoms with Gasteiger partial charge in [-0.25, -0.2) is 9.98 Å². The lowest BCUT2D eigenvalue weighted by Crippen LogP contribution is -2.38. The number of nitrogens with one attached hydrogen (secondary N) is 1. The van der Waals surface area contributed by atoms with E-state index < -0.39 is 0 Å². The molecule has 0 fully saturated rings. The van der Waals surface area contributed by atoms with Crippen molar-refractivity contribution in [3.63, 3.8) is 0 Å². The lowest BCUT2D eigenvalue weighted by Gasteiger charge is -2.20. The Balaban J connectivity index is 0.00000288. The van der Waals surface area contributed by atoms with E-state index in [-0.39, 0.29) is 24.0 Å². The predicted octanol–water partition coefficient (Wildman–Crippen LogP) is 3.78. The van der Waals surface area contributed by atoms with Gasteiger partial charge < -0.3 is 14.7 Å². The highest BCUT2D eigenvalue weighted by molar-refractivity contribution is 14.0. The maximum atomic E-state index is 5.34. The van der Waals surface area contributed by atoms with Crippen LogP contribution in [0.2, 0.25) is 0 Å². The van der Waals surface area contributed by atoms with Crippen LogP contribution in [0.5, 0.6) is 0 Å². The Hall–Kier alpha value is -1.16. The molecule has 2 rings (SSSR count). The number of aryl methyl sites for hydroxylation is 1. The van der Waals surface area contributed by atoms with E-state index in [0.29, 0.717) is 12.5 Å². The van der Waals surface area contributed by atoms with Gasteiger partial charge in [0.25, 0.3) is 0 Å². The normalized spacial score (nSPS) is 11.5. The summed E-state index contributed by atoms with van der Waals surface area (Å²) in [6.45, 7) is 10.3. The van der Waals surface area contributed by atoms with Gasteiger partial charge >= 0.3 is 0 Å². The van der Waals surface area contributed by atoms with E-state index in [0.717, 1.165) is 41.2 Å². The van der Waals surface area contributed by atoms with Crippen molar-refractivity contribution in [3.05, 3.63) is 33.6 Å². The molecule has 0 aliphatic heterocycles. The second-order valence-electron chi connectivity index (χ2n) is 5.76. The molecule has 0 aliphatic rings. The van der Waals surface area contributed by atoms with Crippen molar-refractivity contribution in [2.75, 3.05) is 13.6 Å². The lowest BCUT2D eigenvalue weighted by atomic mass is 10.1. The van der Waals surface area contributed by atoms with Crippen molar-refractivity contribution >= 4 is 41.3 Å². The van der Waals surface area contributed by atoms with Gasteiger partial charge in [-0.05, 0) is 19.8 Å². The molecule has 0 spiro atoms. The van der Waals surface area contributed by atoms with Crippen molar-refractivity contribution in [2.24, 2.45) is 4.99 Å². The molecule has 0 radical (unpaired) electrons. The van der Waals surface area contributed by atoms with Crippen LogP contribution in [0.15, 0.2) is 21.0 Å². The zero-order valence-electron chi connectivity index (χ0n) is 14.9. The largest absolute Gasteiger partial charge is 0.359 e. The van der Waals surface area contributed by atoms with Gasteiger partial charge in [0, 0.05) is 25.0 Å². The quantitative estimate of drug-likeness (QED) is 0.401. The molecule has 2 heterocycles. The monoisotopic (exact) mass is 463 g/mol. The minimum atomic E-state index is 0. The van der Waals surface area contributed by atoms with Gasteiger partial charge in [0.1, 0.15) is 6.54 Å². The topological polar surface area (TPSA) is 66.6 Å². The summed E-state index contributed by atoms with van der Waals surface area (Å²) in [4.78, 5) is 11.2. The van der Waals surface area contributed by atoms with Crippen LogP contribution in [-0.4, -0.2) is 34.6 Å². The maximum absolute atomic E-state index is 5.34. The molecule has 1 N–H and O–H groups in total. The fraction of sp³-hybridized carbons (Fsp3) is 0.562. The van der Waals surface area contributed by atoms with Crippen LogP contribution in [-0.2, 0) is 13.1 Å². The van der Waals surface area contributed by atoms with Gasteiger partial charge in [-0.3, -0.25) is 0 Å². The van der Waals surface area contributed by atoms with Gasteiger partial charge in [0.2, 0.25) is 0 Å². The van der Waals surface area contributed by atoms with Gasteiger partial charge in [0.15, 0.2) is 11.7 Å². The molecule has 0 atom stereocenters. The number of hydrogen-bond acceptors (Lipinski definition) is 5. The SMILES string of the molecule is CCNC(=NCc1cc(C(C)C)no1)N(C)Cc1csc(C)n1.I. The fourth-order valence-electron chi connectivity index (χ4n) is 2.10. The van der Waals surface area contributed by atoms with E-state index in [1.807, 2.05) is 20.0 Å². The van der Waals surface area contributed by atoms with Gasteiger partial charge in [0.05, 0.1) is 22.9 Å². The minimum Gasteiger partial charge on any atom is -0.359 e. The molecule has 0 aromatic carbocycles. The number of hydrogen-bond donors (Lipinski definition) is 1. The van der Waals surface area contributed by atoms with Crippen LogP contribution >= 0.6 is 35.3 Å². The standard InChI is InChI=1S/C16H25N5OS.HI/c1-6-17-16(21(5)9-13-10-23-12(4)19-13)18-8-14-7-15(11(2)3)20-22-14;/h7,10-11H,6,8-9H2,1-5H3,(H,17,18);1H. The highest BCUT2D eigenvalue weighted by atomic mass is 127. The molecule has 0 saturated carbocycles. The summed E-state index contributed by atoms with van der Waals surface area (Å²) < 4.78 is 5.34. The molecule has 2 aromatic rings. The molecule has 0 amide bonds. The first-order valence-electron chi connectivity index (χ1n) is 7.85.